The van der Waals surface area contributed by atoms with Gasteiger partial charge >= 0.3 is 0 Å². The highest BCUT2D eigenvalue weighted by Gasteiger charge is 2.25. The Morgan fingerprint density at radius 1 is 0.905 bits per heavy atom. The highest BCUT2D eigenvalue weighted by molar-refractivity contribution is 6.42. The first-order valence-corrected chi connectivity index (χ1v) is 7.63. The van der Waals surface area contributed by atoms with E-state index in [1.54, 1.807) is 12.1 Å². The molecule has 21 heavy (non-hydrogen) atoms. The van der Waals surface area contributed by atoms with Crippen LogP contribution in [0.25, 0.3) is 5.57 Å². The Balaban J connectivity index is 1.95. The topological polar surface area (TPSA) is 17.1 Å². The zero-order chi connectivity index (χ0) is 14.8. The van der Waals surface area contributed by atoms with Gasteiger partial charge in [0, 0.05) is 6.42 Å². The Morgan fingerprint density at radius 2 is 1.67 bits per heavy atom. The summed E-state index contributed by atoms with van der Waals surface area (Å²) in [5, 5.41) is 1.10. The highest BCUT2D eigenvalue weighted by atomic mass is 35.5. The van der Waals surface area contributed by atoms with Crippen LogP contribution in [0, 0.1) is 0 Å². The van der Waals surface area contributed by atoms with Gasteiger partial charge in [-0.05, 0) is 41.2 Å². The van der Waals surface area contributed by atoms with Gasteiger partial charge < -0.3 is 0 Å². The van der Waals surface area contributed by atoms with E-state index >= 15 is 0 Å². The maximum atomic E-state index is 12.1. The van der Waals surface area contributed by atoms with Gasteiger partial charge in [-0.3, -0.25) is 4.79 Å². The normalized spacial score (nSPS) is 18.5. The van der Waals surface area contributed by atoms with E-state index < -0.39 is 0 Å². The molecule has 0 saturated carbocycles. The molecule has 0 heterocycles. The molecular formula is C18H14Cl2O. The zero-order valence-corrected chi connectivity index (χ0v) is 12.9. The minimum absolute atomic E-state index is 0.0870. The molecule has 2 aromatic carbocycles. The number of carbonyl (C=O) groups excluding carboxylic acids is 1. The van der Waals surface area contributed by atoms with Crippen LogP contribution in [-0.2, 0) is 4.79 Å². The smallest absolute Gasteiger partial charge is 0.156 e. The van der Waals surface area contributed by atoms with E-state index in [1.165, 1.54) is 0 Å². The number of rotatable bonds is 2. The van der Waals surface area contributed by atoms with Crippen molar-refractivity contribution in [2.45, 2.75) is 18.8 Å². The first-order valence-electron chi connectivity index (χ1n) is 6.88. The summed E-state index contributed by atoms with van der Waals surface area (Å²) in [6.45, 7) is 0. The van der Waals surface area contributed by atoms with Crippen molar-refractivity contribution in [2.24, 2.45) is 0 Å². The van der Waals surface area contributed by atoms with Crippen LogP contribution in [-0.4, -0.2) is 5.78 Å². The summed E-state index contributed by atoms with van der Waals surface area (Å²) in [6, 6.07) is 15.6. The van der Waals surface area contributed by atoms with E-state index in [4.69, 9.17) is 23.2 Å². The largest absolute Gasteiger partial charge is 0.295 e. The first-order chi connectivity index (χ1) is 10.1. The average Bonchev–Trinajstić information content (AvgIpc) is 2.50. The molecule has 1 atom stereocenters. The van der Waals surface area contributed by atoms with Gasteiger partial charge in [-0.25, -0.2) is 0 Å². The van der Waals surface area contributed by atoms with Crippen molar-refractivity contribution >= 4 is 34.6 Å². The summed E-state index contributed by atoms with van der Waals surface area (Å²) < 4.78 is 0. The summed E-state index contributed by atoms with van der Waals surface area (Å²) >= 11 is 12.4. The van der Waals surface area contributed by atoms with Gasteiger partial charge in [0.15, 0.2) is 5.78 Å². The number of halogens is 2. The first kappa shape index (κ1) is 14.4. The fraction of sp³-hybridized carbons (Fsp3) is 0.167. The van der Waals surface area contributed by atoms with E-state index in [0.29, 0.717) is 16.5 Å². The van der Waals surface area contributed by atoms with Crippen LogP contribution >= 0.6 is 23.2 Å². The molecule has 2 aromatic rings. The van der Waals surface area contributed by atoms with Crippen molar-refractivity contribution < 1.29 is 4.79 Å². The van der Waals surface area contributed by atoms with Gasteiger partial charge in [-0.2, -0.15) is 0 Å². The Kier molecular flexibility index (Phi) is 4.14. The van der Waals surface area contributed by atoms with Gasteiger partial charge in [-0.15, -0.1) is 0 Å². The molecule has 0 N–H and O–H groups in total. The maximum Gasteiger partial charge on any atom is 0.156 e. The molecule has 3 heteroatoms. The zero-order valence-electron chi connectivity index (χ0n) is 11.4. The number of carbonyl (C=O) groups is 1. The standard InChI is InChI=1S/C18H14Cl2O/c19-17-8-4-7-16(18(17)20)14-9-13(10-15(21)11-14)12-5-2-1-3-6-12/h1-8,10,14H,9,11H2/t14-/m1/s1. The van der Waals surface area contributed by atoms with Crippen LogP contribution < -0.4 is 0 Å². The third-order valence-corrected chi connectivity index (χ3v) is 4.65. The summed E-state index contributed by atoms with van der Waals surface area (Å²) in [7, 11) is 0. The Labute approximate surface area is 134 Å². The second-order valence-electron chi connectivity index (χ2n) is 5.25. The van der Waals surface area contributed by atoms with Crippen LogP contribution in [0.3, 0.4) is 0 Å². The van der Waals surface area contributed by atoms with Gasteiger partial charge in [0.2, 0.25) is 0 Å². The molecule has 3 rings (SSSR count). The summed E-state index contributed by atoms with van der Waals surface area (Å²) in [5.74, 6) is 0.227. The number of hydrogen-bond donors (Lipinski definition) is 0. The van der Waals surface area contributed by atoms with Crippen LogP contribution in [0.5, 0.6) is 0 Å². The van der Waals surface area contributed by atoms with Crippen molar-refractivity contribution in [2.75, 3.05) is 0 Å². The molecule has 0 unspecified atom stereocenters. The molecule has 1 aliphatic carbocycles. The molecule has 0 radical (unpaired) electrons. The molecule has 0 aromatic heterocycles. The molecule has 1 aliphatic rings. The molecule has 0 saturated heterocycles. The predicted molar refractivity (Wildman–Crippen MR) is 87.9 cm³/mol. The lowest BCUT2D eigenvalue weighted by Crippen LogP contribution is -2.12. The molecule has 0 aliphatic heterocycles. The minimum atomic E-state index is 0.0870. The number of benzene rings is 2. The van der Waals surface area contributed by atoms with E-state index in [9.17, 15) is 4.79 Å². The second-order valence-corrected chi connectivity index (χ2v) is 6.04. The fourth-order valence-corrected chi connectivity index (χ4v) is 3.26. The number of ketones is 1. The van der Waals surface area contributed by atoms with E-state index in [-0.39, 0.29) is 11.7 Å². The third-order valence-electron chi connectivity index (χ3n) is 3.81. The summed E-state index contributed by atoms with van der Waals surface area (Å²) in [4.78, 5) is 12.1. The van der Waals surface area contributed by atoms with Crippen molar-refractivity contribution in [3.05, 3.63) is 75.8 Å². The van der Waals surface area contributed by atoms with Crippen molar-refractivity contribution in [3.8, 4) is 0 Å². The van der Waals surface area contributed by atoms with E-state index in [0.717, 1.165) is 23.1 Å². The second kappa shape index (κ2) is 6.05. The maximum absolute atomic E-state index is 12.1. The average molecular weight is 317 g/mol. The number of allylic oxidation sites excluding steroid dienone is 2. The van der Waals surface area contributed by atoms with Crippen LogP contribution in [0.15, 0.2) is 54.6 Å². The van der Waals surface area contributed by atoms with Gasteiger partial charge in [-0.1, -0.05) is 65.7 Å². The Hall–Kier alpha value is -1.57. The lowest BCUT2D eigenvalue weighted by molar-refractivity contribution is -0.115. The molecule has 0 fully saturated rings. The minimum Gasteiger partial charge on any atom is -0.295 e. The molecule has 0 bridgehead atoms. The van der Waals surface area contributed by atoms with Gasteiger partial charge in [0.25, 0.3) is 0 Å². The SMILES string of the molecule is O=C1C=C(c2ccccc2)C[C@@H](c2cccc(Cl)c2Cl)C1. The van der Waals surface area contributed by atoms with Gasteiger partial charge in [0.1, 0.15) is 0 Å². The molecule has 0 amide bonds. The van der Waals surface area contributed by atoms with Crippen LogP contribution in [0.1, 0.15) is 29.9 Å². The molecule has 0 spiro atoms. The molecule has 1 nitrogen and oxygen atoms in total. The van der Waals surface area contributed by atoms with Crippen LogP contribution in [0.2, 0.25) is 10.0 Å². The van der Waals surface area contributed by atoms with Crippen molar-refractivity contribution in [1.29, 1.82) is 0 Å². The molecular weight excluding hydrogens is 303 g/mol. The molecule has 106 valence electrons. The lowest BCUT2D eigenvalue weighted by Gasteiger charge is -2.23. The lowest BCUT2D eigenvalue weighted by atomic mass is 9.81. The number of hydrogen-bond acceptors (Lipinski definition) is 1. The van der Waals surface area contributed by atoms with E-state index in [1.807, 2.05) is 42.5 Å². The van der Waals surface area contributed by atoms with Crippen LogP contribution in [0.4, 0.5) is 0 Å². The Bertz CT molecular complexity index is 704. The summed E-state index contributed by atoms with van der Waals surface area (Å²) in [5.41, 5.74) is 3.11. The van der Waals surface area contributed by atoms with Gasteiger partial charge in [0.05, 0.1) is 10.0 Å². The van der Waals surface area contributed by atoms with E-state index in [2.05, 4.69) is 0 Å². The Morgan fingerprint density at radius 3 is 2.43 bits per heavy atom. The van der Waals surface area contributed by atoms with Crippen molar-refractivity contribution in [1.82, 2.24) is 0 Å². The highest BCUT2D eigenvalue weighted by Crippen LogP contribution is 2.40. The summed E-state index contributed by atoms with van der Waals surface area (Å²) in [6.07, 6.45) is 3.04. The third kappa shape index (κ3) is 3.04. The quantitative estimate of drug-likeness (QED) is 0.712. The predicted octanol–water partition coefficient (Wildman–Crippen LogP) is 5.52. The fourth-order valence-electron chi connectivity index (χ4n) is 2.80. The monoisotopic (exact) mass is 316 g/mol. The van der Waals surface area contributed by atoms with Crippen molar-refractivity contribution in [3.63, 3.8) is 0 Å².